The van der Waals surface area contributed by atoms with Gasteiger partial charge in [0.25, 0.3) is 0 Å². The van der Waals surface area contributed by atoms with Crippen LogP contribution in [0.3, 0.4) is 0 Å². The Balaban J connectivity index is 1.81. The minimum Gasteiger partial charge on any atom is -0.444 e. The summed E-state index contributed by atoms with van der Waals surface area (Å²) in [6.45, 7) is 4.84. The number of sulfonamides is 1. The summed E-state index contributed by atoms with van der Waals surface area (Å²) in [4.78, 5) is 12.7. The lowest BCUT2D eigenvalue weighted by molar-refractivity contribution is 0.0642. The molecule has 4 atom stereocenters. The number of nitrogens with one attached hydrogen (secondary N) is 1. The Morgan fingerprint density at radius 3 is 2.50 bits per heavy atom. The minimum atomic E-state index is -3.91. The molecule has 0 aromatic heterocycles. The number of amides is 1. The van der Waals surface area contributed by atoms with Crippen LogP contribution in [-0.4, -0.2) is 68.5 Å². The number of aliphatic hydroxyl groups excluding tert-OH is 1. The van der Waals surface area contributed by atoms with E-state index in [0.29, 0.717) is 31.7 Å². The van der Waals surface area contributed by atoms with Gasteiger partial charge in [0.05, 0.1) is 30.3 Å². The lowest BCUT2D eigenvalue weighted by atomic mass is 10.0. The van der Waals surface area contributed by atoms with Crippen LogP contribution in [0.4, 0.5) is 10.5 Å². The van der Waals surface area contributed by atoms with E-state index in [-0.39, 0.29) is 30.0 Å². The Kier molecular flexibility index (Phi) is 10.1. The summed E-state index contributed by atoms with van der Waals surface area (Å²) in [5.41, 5.74) is 7.09. The maximum Gasteiger partial charge on any atom is 0.407 e. The molecule has 0 spiro atoms. The van der Waals surface area contributed by atoms with Crippen LogP contribution in [0, 0.1) is 5.92 Å². The van der Waals surface area contributed by atoms with Gasteiger partial charge < -0.3 is 25.6 Å². The Morgan fingerprint density at radius 1 is 1.19 bits per heavy atom. The standard InChI is InChI=1S/C26H37N3O6S/c1-3-19(2)16-29(36(32,33)23-11-9-21(27)10-12-23)17-25(30)24(15-20-7-5-4-6-8-20)28-26(31)35-22-13-14-34-18-22/h4-12,19,22,24-25,30H,3,13-18,27H2,1-2H3,(H,28,31)/t19-,22-,24-,25+/m0/s1. The largest absolute Gasteiger partial charge is 0.444 e. The first-order chi connectivity index (χ1) is 17.2. The second kappa shape index (κ2) is 13.0. The number of carbonyl (C=O) groups excluding carboxylic acids is 1. The molecule has 0 saturated carbocycles. The van der Waals surface area contributed by atoms with Crippen molar-refractivity contribution < 1.29 is 27.8 Å². The van der Waals surface area contributed by atoms with Crippen molar-refractivity contribution in [2.45, 2.75) is 56.3 Å². The Hall–Kier alpha value is -2.66. The SMILES string of the molecule is CC[C@H](C)CN(C[C@@H](O)[C@H](Cc1ccccc1)NC(=O)O[C@H]1CCOC1)S(=O)(=O)c1ccc(N)cc1. The number of nitrogens with zero attached hydrogens (tertiary/aromatic N) is 1. The van der Waals surface area contributed by atoms with Gasteiger partial charge in [0, 0.05) is 25.2 Å². The first-order valence-electron chi connectivity index (χ1n) is 12.3. The van der Waals surface area contributed by atoms with Gasteiger partial charge in [-0.25, -0.2) is 13.2 Å². The first-order valence-corrected chi connectivity index (χ1v) is 13.8. The van der Waals surface area contributed by atoms with E-state index in [9.17, 15) is 18.3 Å². The summed E-state index contributed by atoms with van der Waals surface area (Å²) in [7, 11) is -3.91. The molecule has 0 bridgehead atoms. The van der Waals surface area contributed by atoms with E-state index in [0.717, 1.165) is 12.0 Å². The maximum absolute atomic E-state index is 13.5. The summed E-state index contributed by atoms with van der Waals surface area (Å²) < 4.78 is 39.0. The quantitative estimate of drug-likeness (QED) is 0.368. The van der Waals surface area contributed by atoms with Crippen molar-refractivity contribution in [1.29, 1.82) is 0 Å². The molecule has 0 aliphatic carbocycles. The average molecular weight is 520 g/mol. The van der Waals surface area contributed by atoms with Gasteiger partial charge in [-0.1, -0.05) is 50.6 Å². The van der Waals surface area contributed by atoms with Gasteiger partial charge in [-0.05, 0) is 42.2 Å². The molecule has 1 fully saturated rings. The Morgan fingerprint density at radius 2 is 1.89 bits per heavy atom. The summed E-state index contributed by atoms with van der Waals surface area (Å²) in [6, 6.07) is 14.6. The molecule has 10 heteroatoms. The predicted octanol–water partition coefficient (Wildman–Crippen LogP) is 2.79. The monoisotopic (exact) mass is 519 g/mol. The van der Waals surface area contributed by atoms with Gasteiger partial charge in [-0.15, -0.1) is 0 Å². The molecule has 0 unspecified atom stereocenters. The van der Waals surface area contributed by atoms with Crippen molar-refractivity contribution in [3.8, 4) is 0 Å². The molecule has 198 valence electrons. The van der Waals surface area contributed by atoms with E-state index in [4.69, 9.17) is 15.2 Å². The average Bonchev–Trinajstić information content (AvgIpc) is 3.36. The molecule has 9 nitrogen and oxygen atoms in total. The number of nitrogens with two attached hydrogens (primary N) is 1. The zero-order valence-corrected chi connectivity index (χ0v) is 21.7. The molecule has 1 aliphatic heterocycles. The number of nitrogen functional groups attached to an aromatic ring is 1. The smallest absolute Gasteiger partial charge is 0.407 e. The summed E-state index contributed by atoms with van der Waals surface area (Å²) >= 11 is 0. The molecule has 1 amide bonds. The topological polar surface area (TPSA) is 131 Å². The Bertz CT molecular complexity index is 1060. The lowest BCUT2D eigenvalue weighted by Gasteiger charge is -2.31. The van der Waals surface area contributed by atoms with Crippen LogP contribution in [0.25, 0.3) is 0 Å². The highest BCUT2D eigenvalue weighted by Crippen LogP contribution is 2.21. The Labute approximate surface area is 213 Å². The maximum atomic E-state index is 13.5. The molecule has 1 saturated heterocycles. The highest BCUT2D eigenvalue weighted by Gasteiger charge is 2.32. The number of carbonyl (C=O) groups is 1. The van der Waals surface area contributed by atoms with Gasteiger partial charge in [0.15, 0.2) is 0 Å². The van der Waals surface area contributed by atoms with E-state index in [1.54, 1.807) is 0 Å². The number of hydrogen-bond acceptors (Lipinski definition) is 7. The molecule has 1 aliphatic rings. The van der Waals surface area contributed by atoms with Crippen molar-refractivity contribution in [2.24, 2.45) is 5.92 Å². The van der Waals surface area contributed by atoms with Crippen LogP contribution >= 0.6 is 0 Å². The first kappa shape index (κ1) is 27.9. The van der Waals surface area contributed by atoms with Crippen molar-refractivity contribution >= 4 is 21.8 Å². The molecular formula is C26H37N3O6S. The fraction of sp³-hybridized carbons (Fsp3) is 0.500. The highest BCUT2D eigenvalue weighted by atomic mass is 32.2. The highest BCUT2D eigenvalue weighted by molar-refractivity contribution is 7.89. The number of rotatable bonds is 12. The van der Waals surface area contributed by atoms with Crippen molar-refractivity contribution in [1.82, 2.24) is 9.62 Å². The molecule has 4 N–H and O–H groups in total. The summed E-state index contributed by atoms with van der Waals surface area (Å²) in [6.07, 6.45) is -0.511. The normalized spacial score (nSPS) is 18.5. The van der Waals surface area contributed by atoms with Crippen LogP contribution < -0.4 is 11.1 Å². The molecule has 1 heterocycles. The predicted molar refractivity (Wildman–Crippen MR) is 138 cm³/mol. The third-order valence-corrected chi connectivity index (χ3v) is 8.19. The number of anilines is 1. The molecule has 2 aromatic carbocycles. The number of benzene rings is 2. The molecule has 2 aromatic rings. The molecule has 36 heavy (non-hydrogen) atoms. The molecular weight excluding hydrogens is 482 g/mol. The van der Waals surface area contributed by atoms with Crippen molar-refractivity contribution in [2.75, 3.05) is 32.0 Å². The van der Waals surface area contributed by atoms with Crippen LogP contribution in [0.5, 0.6) is 0 Å². The van der Waals surface area contributed by atoms with Crippen LogP contribution in [0.1, 0.15) is 32.3 Å². The van der Waals surface area contributed by atoms with Crippen LogP contribution in [0.2, 0.25) is 0 Å². The second-order valence-corrected chi connectivity index (χ2v) is 11.2. The van der Waals surface area contributed by atoms with Crippen LogP contribution in [0.15, 0.2) is 59.5 Å². The van der Waals surface area contributed by atoms with Gasteiger partial charge >= 0.3 is 6.09 Å². The zero-order chi connectivity index (χ0) is 26.1. The van der Waals surface area contributed by atoms with Crippen molar-refractivity contribution in [3.63, 3.8) is 0 Å². The van der Waals surface area contributed by atoms with Crippen LogP contribution in [-0.2, 0) is 25.9 Å². The van der Waals surface area contributed by atoms with Gasteiger partial charge in [-0.2, -0.15) is 4.31 Å². The summed E-state index contributed by atoms with van der Waals surface area (Å²) in [5, 5.41) is 14.0. The van der Waals surface area contributed by atoms with E-state index in [2.05, 4.69) is 5.32 Å². The lowest BCUT2D eigenvalue weighted by Crippen LogP contribution is -2.51. The van der Waals surface area contributed by atoms with Gasteiger partial charge in [0.1, 0.15) is 6.10 Å². The van der Waals surface area contributed by atoms with Gasteiger partial charge in [-0.3, -0.25) is 0 Å². The number of aliphatic hydroxyl groups is 1. The van der Waals surface area contributed by atoms with E-state index < -0.39 is 28.3 Å². The molecule has 0 radical (unpaired) electrons. The number of ether oxygens (including phenoxy) is 2. The third kappa shape index (κ3) is 7.92. The van der Waals surface area contributed by atoms with E-state index in [1.165, 1.54) is 28.6 Å². The fourth-order valence-corrected chi connectivity index (χ4v) is 5.54. The minimum absolute atomic E-state index is 0.0635. The molecule has 3 rings (SSSR count). The van der Waals surface area contributed by atoms with E-state index >= 15 is 0 Å². The fourth-order valence-electron chi connectivity index (χ4n) is 3.97. The third-order valence-electron chi connectivity index (χ3n) is 6.35. The second-order valence-electron chi connectivity index (χ2n) is 9.30. The van der Waals surface area contributed by atoms with E-state index in [1.807, 2.05) is 44.2 Å². The summed E-state index contributed by atoms with van der Waals surface area (Å²) in [5.74, 6) is 0.0635. The zero-order valence-electron chi connectivity index (χ0n) is 20.9. The number of alkyl carbamates (subject to hydrolysis) is 1. The van der Waals surface area contributed by atoms with Gasteiger partial charge in [0.2, 0.25) is 10.0 Å². The van der Waals surface area contributed by atoms with Crippen molar-refractivity contribution in [3.05, 3.63) is 60.2 Å². The number of hydrogen-bond donors (Lipinski definition) is 3.